The lowest BCUT2D eigenvalue weighted by Gasteiger charge is -2.26. The first-order valence-electron chi connectivity index (χ1n) is 9.46. The molecule has 0 aromatic heterocycles. The van der Waals surface area contributed by atoms with Crippen molar-refractivity contribution in [1.82, 2.24) is 4.90 Å². The Hall–Kier alpha value is -1.51. The van der Waals surface area contributed by atoms with Crippen molar-refractivity contribution < 1.29 is 4.74 Å². The lowest BCUT2D eigenvalue weighted by atomic mass is 9.96. The fourth-order valence-electron chi connectivity index (χ4n) is 3.47. The molecule has 1 aliphatic heterocycles. The summed E-state index contributed by atoms with van der Waals surface area (Å²) in [5, 5.41) is 0.723. The Morgan fingerprint density at radius 1 is 0.920 bits per heavy atom. The quantitative estimate of drug-likeness (QED) is 0.560. The van der Waals surface area contributed by atoms with E-state index in [1.165, 1.54) is 57.3 Å². The fraction of sp³-hybridized carbons (Fsp3) is 0.455. The third-order valence-corrected chi connectivity index (χ3v) is 5.31. The van der Waals surface area contributed by atoms with E-state index in [2.05, 4.69) is 36.1 Å². The summed E-state index contributed by atoms with van der Waals surface area (Å²) in [6, 6.07) is 16.0. The molecule has 0 radical (unpaired) electrons. The maximum atomic E-state index is 5.90. The Balaban J connectivity index is 1.46. The third-order valence-electron chi connectivity index (χ3n) is 5.06. The van der Waals surface area contributed by atoms with Crippen LogP contribution in [0.15, 0.2) is 48.5 Å². The van der Waals surface area contributed by atoms with Crippen LogP contribution in [0, 0.1) is 0 Å². The Morgan fingerprint density at radius 3 is 2.16 bits per heavy atom. The Morgan fingerprint density at radius 2 is 1.52 bits per heavy atom. The van der Waals surface area contributed by atoms with Crippen LogP contribution >= 0.6 is 11.6 Å². The molecule has 2 aromatic carbocycles. The molecule has 0 N–H and O–H groups in total. The van der Waals surface area contributed by atoms with Gasteiger partial charge < -0.3 is 9.64 Å². The Labute approximate surface area is 156 Å². The van der Waals surface area contributed by atoms with Gasteiger partial charge in [0.15, 0.2) is 0 Å². The molecule has 25 heavy (non-hydrogen) atoms. The SMILES string of the molecule is CC(CCCN1CCCCC1)c1ccc(Oc2ccc(Cl)cc2)cc1. The summed E-state index contributed by atoms with van der Waals surface area (Å²) in [4.78, 5) is 2.62. The monoisotopic (exact) mass is 357 g/mol. The minimum absolute atomic E-state index is 0.592. The largest absolute Gasteiger partial charge is 0.457 e. The first-order valence-corrected chi connectivity index (χ1v) is 9.84. The molecule has 2 nitrogen and oxygen atoms in total. The maximum Gasteiger partial charge on any atom is 0.127 e. The number of likely N-dealkylation sites (tertiary alicyclic amines) is 1. The molecule has 3 rings (SSSR count). The van der Waals surface area contributed by atoms with Gasteiger partial charge in [0.05, 0.1) is 0 Å². The molecular formula is C22H28ClNO. The maximum absolute atomic E-state index is 5.90. The zero-order valence-corrected chi connectivity index (χ0v) is 15.8. The van der Waals surface area contributed by atoms with Gasteiger partial charge in [0.1, 0.15) is 11.5 Å². The van der Waals surface area contributed by atoms with Gasteiger partial charge in [-0.3, -0.25) is 0 Å². The van der Waals surface area contributed by atoms with Gasteiger partial charge in [-0.15, -0.1) is 0 Å². The molecule has 0 aliphatic carbocycles. The number of halogens is 1. The van der Waals surface area contributed by atoms with Crippen molar-refractivity contribution in [3.05, 3.63) is 59.1 Å². The normalized spacial score (nSPS) is 16.6. The summed E-state index contributed by atoms with van der Waals surface area (Å²) in [5.41, 5.74) is 1.39. The number of hydrogen-bond donors (Lipinski definition) is 0. The van der Waals surface area contributed by atoms with E-state index in [0.29, 0.717) is 5.92 Å². The molecule has 0 bridgehead atoms. The van der Waals surface area contributed by atoms with Gasteiger partial charge in [-0.1, -0.05) is 37.1 Å². The van der Waals surface area contributed by atoms with Crippen LogP contribution in [0.2, 0.25) is 5.02 Å². The molecule has 0 spiro atoms. The van der Waals surface area contributed by atoms with E-state index in [4.69, 9.17) is 16.3 Å². The third kappa shape index (κ3) is 5.76. The molecule has 1 saturated heterocycles. The molecule has 134 valence electrons. The van der Waals surface area contributed by atoms with E-state index in [1.807, 2.05) is 24.3 Å². The topological polar surface area (TPSA) is 12.5 Å². The number of piperidine rings is 1. The number of ether oxygens (including phenoxy) is 1. The van der Waals surface area contributed by atoms with E-state index < -0.39 is 0 Å². The zero-order chi connectivity index (χ0) is 17.5. The van der Waals surface area contributed by atoms with Crippen molar-refractivity contribution in [3.63, 3.8) is 0 Å². The van der Waals surface area contributed by atoms with E-state index >= 15 is 0 Å². The predicted molar refractivity (Wildman–Crippen MR) is 106 cm³/mol. The molecule has 1 unspecified atom stereocenters. The minimum atomic E-state index is 0.592. The van der Waals surface area contributed by atoms with E-state index in [-0.39, 0.29) is 0 Å². The molecule has 0 saturated carbocycles. The summed E-state index contributed by atoms with van der Waals surface area (Å²) in [6.07, 6.45) is 6.70. The van der Waals surface area contributed by atoms with Crippen molar-refractivity contribution in [2.24, 2.45) is 0 Å². The van der Waals surface area contributed by atoms with Gasteiger partial charge in [0.2, 0.25) is 0 Å². The highest BCUT2D eigenvalue weighted by Crippen LogP contribution is 2.27. The lowest BCUT2D eigenvalue weighted by molar-refractivity contribution is 0.223. The van der Waals surface area contributed by atoms with E-state index in [9.17, 15) is 0 Å². The molecule has 1 atom stereocenters. The van der Waals surface area contributed by atoms with Crippen molar-refractivity contribution in [1.29, 1.82) is 0 Å². The summed E-state index contributed by atoms with van der Waals surface area (Å²) in [7, 11) is 0. The molecule has 1 fully saturated rings. The second-order valence-corrected chi connectivity index (χ2v) is 7.51. The van der Waals surface area contributed by atoms with Crippen LogP contribution in [0.25, 0.3) is 0 Å². The van der Waals surface area contributed by atoms with Gasteiger partial charge in [-0.2, -0.15) is 0 Å². The smallest absolute Gasteiger partial charge is 0.127 e. The number of rotatable bonds is 7. The van der Waals surface area contributed by atoms with Gasteiger partial charge in [-0.05, 0) is 93.2 Å². The van der Waals surface area contributed by atoms with Crippen LogP contribution < -0.4 is 4.74 Å². The van der Waals surface area contributed by atoms with Crippen molar-refractivity contribution in [2.75, 3.05) is 19.6 Å². The molecule has 2 aromatic rings. The van der Waals surface area contributed by atoms with Crippen molar-refractivity contribution >= 4 is 11.6 Å². The average molecular weight is 358 g/mol. The van der Waals surface area contributed by atoms with E-state index in [1.54, 1.807) is 0 Å². The first-order chi connectivity index (χ1) is 12.2. The Kier molecular flexibility index (Phi) is 6.77. The zero-order valence-electron chi connectivity index (χ0n) is 15.1. The first kappa shape index (κ1) is 18.3. The number of nitrogens with zero attached hydrogens (tertiary/aromatic N) is 1. The summed E-state index contributed by atoms with van der Waals surface area (Å²) < 4.78 is 5.86. The molecule has 1 heterocycles. The average Bonchev–Trinajstić information content (AvgIpc) is 2.65. The standard InChI is InChI=1S/C22H28ClNO/c1-18(6-5-17-24-15-3-2-4-16-24)19-7-11-21(12-8-19)25-22-13-9-20(23)10-14-22/h7-14,18H,2-6,15-17H2,1H3. The summed E-state index contributed by atoms with van der Waals surface area (Å²) in [5.74, 6) is 2.27. The highest BCUT2D eigenvalue weighted by Gasteiger charge is 2.11. The van der Waals surface area contributed by atoms with Crippen LogP contribution in [-0.2, 0) is 0 Å². The molecular weight excluding hydrogens is 330 g/mol. The molecule has 3 heteroatoms. The van der Waals surface area contributed by atoms with Crippen LogP contribution in [0.3, 0.4) is 0 Å². The van der Waals surface area contributed by atoms with Gasteiger partial charge in [0.25, 0.3) is 0 Å². The summed E-state index contributed by atoms with van der Waals surface area (Å²) in [6.45, 7) is 6.17. The van der Waals surface area contributed by atoms with Gasteiger partial charge in [-0.25, -0.2) is 0 Å². The predicted octanol–water partition coefficient (Wildman–Crippen LogP) is 6.50. The van der Waals surface area contributed by atoms with Crippen LogP contribution in [0.5, 0.6) is 11.5 Å². The van der Waals surface area contributed by atoms with Crippen molar-refractivity contribution in [3.8, 4) is 11.5 Å². The van der Waals surface area contributed by atoms with E-state index in [0.717, 1.165) is 16.5 Å². The minimum Gasteiger partial charge on any atom is -0.457 e. The Bertz CT molecular complexity index is 632. The number of hydrogen-bond acceptors (Lipinski definition) is 2. The van der Waals surface area contributed by atoms with Crippen LogP contribution in [0.4, 0.5) is 0 Å². The molecule has 0 amide bonds. The summed E-state index contributed by atoms with van der Waals surface area (Å²) >= 11 is 5.90. The highest BCUT2D eigenvalue weighted by atomic mass is 35.5. The highest BCUT2D eigenvalue weighted by molar-refractivity contribution is 6.30. The van der Waals surface area contributed by atoms with Gasteiger partial charge >= 0.3 is 0 Å². The lowest BCUT2D eigenvalue weighted by Crippen LogP contribution is -2.30. The van der Waals surface area contributed by atoms with Crippen LogP contribution in [-0.4, -0.2) is 24.5 Å². The molecule has 1 aliphatic rings. The number of benzene rings is 2. The fourth-order valence-corrected chi connectivity index (χ4v) is 3.60. The second-order valence-electron chi connectivity index (χ2n) is 7.07. The van der Waals surface area contributed by atoms with Gasteiger partial charge in [0, 0.05) is 5.02 Å². The van der Waals surface area contributed by atoms with Crippen molar-refractivity contribution in [2.45, 2.75) is 44.9 Å². The second kappa shape index (κ2) is 9.26. The van der Waals surface area contributed by atoms with Crippen LogP contribution in [0.1, 0.15) is 50.5 Å².